The van der Waals surface area contributed by atoms with Crippen molar-refractivity contribution < 1.29 is 9.47 Å². The van der Waals surface area contributed by atoms with E-state index < -0.39 is 8.07 Å². The van der Waals surface area contributed by atoms with Crippen molar-refractivity contribution in [1.29, 1.82) is 0 Å². The molecule has 180 valence electrons. The number of imidazole rings is 1. The Morgan fingerprint density at radius 1 is 1.03 bits per heavy atom. The Kier molecular flexibility index (Phi) is 6.08. The number of fused-ring (bicyclic) bond motifs is 2. The Labute approximate surface area is 205 Å². The summed E-state index contributed by atoms with van der Waals surface area (Å²) in [5.74, 6) is 1.37. The van der Waals surface area contributed by atoms with Crippen LogP contribution in [-0.2, 0) is 18.5 Å². The second kappa shape index (κ2) is 9.20. The Bertz CT molecular complexity index is 1540. The molecule has 0 aliphatic rings. The van der Waals surface area contributed by atoms with E-state index in [9.17, 15) is 4.79 Å². The maximum atomic E-state index is 13.2. The van der Waals surface area contributed by atoms with Gasteiger partial charge in [-0.05, 0) is 36.4 Å². The van der Waals surface area contributed by atoms with Crippen LogP contribution in [0.3, 0.4) is 0 Å². The topological polar surface area (TPSA) is 74.1 Å². The molecule has 0 spiro atoms. The molecule has 5 aromatic rings. The van der Waals surface area contributed by atoms with E-state index in [4.69, 9.17) is 9.47 Å². The number of nitrogens with zero attached hydrogens (tertiary/aromatic N) is 3. The third-order valence-corrected chi connectivity index (χ3v) is 7.83. The van der Waals surface area contributed by atoms with Crippen molar-refractivity contribution in [2.24, 2.45) is 7.05 Å². The lowest BCUT2D eigenvalue weighted by Crippen LogP contribution is -2.23. The highest BCUT2D eigenvalue weighted by molar-refractivity contribution is 6.76. The first-order valence-electron chi connectivity index (χ1n) is 11.8. The predicted octanol–water partition coefficient (Wildman–Crippen LogP) is 5.99. The molecule has 0 aliphatic carbocycles. The van der Waals surface area contributed by atoms with Gasteiger partial charge in [0.05, 0.1) is 11.8 Å². The van der Waals surface area contributed by atoms with Crippen molar-refractivity contribution in [2.45, 2.75) is 32.4 Å². The summed E-state index contributed by atoms with van der Waals surface area (Å²) >= 11 is 0. The van der Waals surface area contributed by atoms with Gasteiger partial charge in [-0.1, -0.05) is 37.8 Å². The van der Waals surface area contributed by atoms with E-state index in [1.807, 2.05) is 65.5 Å². The Hall–Kier alpha value is -3.62. The maximum Gasteiger partial charge on any atom is 0.274 e. The second-order valence-corrected chi connectivity index (χ2v) is 15.6. The van der Waals surface area contributed by atoms with Crippen molar-refractivity contribution >= 4 is 30.0 Å². The van der Waals surface area contributed by atoms with Crippen molar-refractivity contribution in [3.8, 4) is 22.6 Å². The van der Waals surface area contributed by atoms with Gasteiger partial charge in [-0.15, -0.1) is 0 Å². The molecule has 0 saturated carbocycles. The molecule has 0 aliphatic heterocycles. The fraction of sp³-hybridized carbons (Fsp3) is 0.259. The number of aromatic amines is 1. The zero-order chi connectivity index (χ0) is 24.6. The highest BCUT2D eigenvalue weighted by atomic mass is 28.3. The zero-order valence-corrected chi connectivity index (χ0v) is 21.5. The summed E-state index contributed by atoms with van der Waals surface area (Å²) in [6.07, 6.45) is 5.46. The molecule has 0 bridgehead atoms. The SMILES string of the molecule is Cn1cc(-c2ccc3[nH]cnc3c2Oc2ccccc2)c2ccn(COCC[Si](C)(C)C)c2c1=O. The minimum Gasteiger partial charge on any atom is -0.454 e. The van der Waals surface area contributed by atoms with Crippen LogP contribution in [0.4, 0.5) is 0 Å². The molecule has 7 nitrogen and oxygen atoms in total. The second-order valence-electron chi connectivity index (χ2n) is 10.0. The lowest BCUT2D eigenvalue weighted by molar-refractivity contribution is 0.0901. The van der Waals surface area contributed by atoms with Crippen LogP contribution in [0.15, 0.2) is 72.0 Å². The average Bonchev–Trinajstić information content (AvgIpc) is 3.47. The first kappa shape index (κ1) is 23.1. The fourth-order valence-corrected chi connectivity index (χ4v) is 4.94. The number of aryl methyl sites for hydroxylation is 1. The number of H-pyrrole nitrogens is 1. The molecule has 5 rings (SSSR count). The third-order valence-electron chi connectivity index (χ3n) is 6.12. The molecular formula is C27H30N4O3Si. The molecule has 2 aromatic carbocycles. The number of rotatable bonds is 8. The number of benzene rings is 2. The molecular weight excluding hydrogens is 456 g/mol. The van der Waals surface area contributed by atoms with Gasteiger partial charge in [0.15, 0.2) is 5.75 Å². The summed E-state index contributed by atoms with van der Waals surface area (Å²) in [6.45, 7) is 8.02. The Morgan fingerprint density at radius 3 is 2.60 bits per heavy atom. The minimum atomic E-state index is -1.18. The molecule has 0 fully saturated rings. The number of hydrogen-bond donors (Lipinski definition) is 1. The van der Waals surface area contributed by atoms with Crippen LogP contribution >= 0.6 is 0 Å². The van der Waals surface area contributed by atoms with Crippen LogP contribution in [0.1, 0.15) is 0 Å². The van der Waals surface area contributed by atoms with Gasteiger partial charge in [0.25, 0.3) is 5.56 Å². The summed E-state index contributed by atoms with van der Waals surface area (Å²) < 4.78 is 15.9. The highest BCUT2D eigenvalue weighted by Gasteiger charge is 2.20. The number of hydrogen-bond acceptors (Lipinski definition) is 4. The molecule has 0 unspecified atom stereocenters. The van der Waals surface area contributed by atoms with E-state index in [1.165, 1.54) is 0 Å². The van der Waals surface area contributed by atoms with Crippen LogP contribution in [0.25, 0.3) is 33.1 Å². The summed E-state index contributed by atoms with van der Waals surface area (Å²) in [6, 6.07) is 16.7. The lowest BCUT2D eigenvalue weighted by Gasteiger charge is -2.16. The van der Waals surface area contributed by atoms with Crippen LogP contribution in [-0.4, -0.2) is 33.8 Å². The predicted molar refractivity (Wildman–Crippen MR) is 143 cm³/mol. The van der Waals surface area contributed by atoms with Crippen LogP contribution in [0.5, 0.6) is 11.5 Å². The quantitative estimate of drug-likeness (QED) is 0.216. The number of nitrogens with one attached hydrogen (secondary N) is 1. The van der Waals surface area contributed by atoms with E-state index in [0.29, 0.717) is 24.6 Å². The number of ether oxygens (including phenoxy) is 2. The van der Waals surface area contributed by atoms with Crippen molar-refractivity contribution in [3.05, 3.63) is 77.6 Å². The highest BCUT2D eigenvalue weighted by Crippen LogP contribution is 2.40. The fourth-order valence-electron chi connectivity index (χ4n) is 4.18. The van der Waals surface area contributed by atoms with Gasteiger partial charge < -0.3 is 23.6 Å². The first-order chi connectivity index (χ1) is 16.8. The lowest BCUT2D eigenvalue weighted by atomic mass is 10.0. The minimum absolute atomic E-state index is 0.0612. The van der Waals surface area contributed by atoms with Crippen LogP contribution in [0.2, 0.25) is 25.7 Å². The first-order valence-corrected chi connectivity index (χ1v) is 15.5. The van der Waals surface area contributed by atoms with E-state index in [0.717, 1.165) is 39.3 Å². The summed E-state index contributed by atoms with van der Waals surface area (Å²) in [5, 5.41) is 0.856. The molecule has 0 atom stereocenters. The molecule has 8 heteroatoms. The van der Waals surface area contributed by atoms with Gasteiger partial charge in [-0.25, -0.2) is 4.98 Å². The van der Waals surface area contributed by atoms with Crippen molar-refractivity contribution in [3.63, 3.8) is 0 Å². The summed E-state index contributed by atoms with van der Waals surface area (Å²) in [7, 11) is 0.594. The molecule has 3 heterocycles. The molecule has 3 aromatic heterocycles. The molecule has 35 heavy (non-hydrogen) atoms. The van der Waals surface area contributed by atoms with Crippen molar-refractivity contribution in [1.82, 2.24) is 19.1 Å². The number of pyridine rings is 1. The smallest absolute Gasteiger partial charge is 0.274 e. The van der Waals surface area contributed by atoms with Gasteiger partial charge >= 0.3 is 0 Å². The normalized spacial score (nSPS) is 12.0. The van der Waals surface area contributed by atoms with Crippen LogP contribution < -0.4 is 10.3 Å². The number of aromatic nitrogens is 4. The van der Waals surface area contributed by atoms with Gasteiger partial charge in [0.2, 0.25) is 0 Å². The van der Waals surface area contributed by atoms with Crippen molar-refractivity contribution in [2.75, 3.05) is 6.61 Å². The maximum absolute atomic E-state index is 13.2. The van der Waals surface area contributed by atoms with Gasteiger partial charge in [-0.2, -0.15) is 0 Å². The van der Waals surface area contributed by atoms with E-state index in [2.05, 4.69) is 29.6 Å². The van der Waals surface area contributed by atoms with Gasteiger partial charge in [0.1, 0.15) is 23.5 Å². The van der Waals surface area contributed by atoms with E-state index in [-0.39, 0.29) is 5.56 Å². The summed E-state index contributed by atoms with van der Waals surface area (Å²) in [4.78, 5) is 20.9. The largest absolute Gasteiger partial charge is 0.454 e. The van der Waals surface area contributed by atoms with E-state index in [1.54, 1.807) is 17.9 Å². The Balaban J connectivity index is 1.61. The van der Waals surface area contributed by atoms with Gasteiger partial charge in [-0.3, -0.25) is 4.79 Å². The number of para-hydroxylation sites is 1. The van der Waals surface area contributed by atoms with Crippen LogP contribution in [0, 0.1) is 0 Å². The molecule has 1 N–H and O–H groups in total. The zero-order valence-electron chi connectivity index (χ0n) is 20.5. The average molecular weight is 487 g/mol. The third kappa shape index (κ3) is 4.67. The molecule has 0 radical (unpaired) electrons. The Morgan fingerprint density at radius 2 is 1.83 bits per heavy atom. The molecule has 0 amide bonds. The summed E-state index contributed by atoms with van der Waals surface area (Å²) in [5.41, 5.74) is 3.95. The standard InChI is InChI=1S/C27H30N4O3Si/c1-30-16-22(20-12-13-31(25(20)27(30)32)18-33-14-15-35(2,3)4)21-10-11-23-24(29-17-28-23)26(21)34-19-8-6-5-7-9-19/h5-13,16-17H,14-15,18H2,1-4H3,(H,28,29). The van der Waals surface area contributed by atoms with E-state index >= 15 is 0 Å². The van der Waals surface area contributed by atoms with Gasteiger partial charge in [0, 0.05) is 50.6 Å². The molecule has 0 saturated heterocycles. The monoisotopic (exact) mass is 486 g/mol.